The van der Waals surface area contributed by atoms with Gasteiger partial charge < -0.3 is 14.4 Å². The summed E-state index contributed by atoms with van der Waals surface area (Å²) in [5.41, 5.74) is 0. The Morgan fingerprint density at radius 2 is 1.81 bits per heavy atom. The first-order chi connectivity index (χ1) is 10.2. The van der Waals surface area contributed by atoms with Crippen LogP contribution in [0.2, 0.25) is 0 Å². The van der Waals surface area contributed by atoms with Crippen LogP contribution in [0.5, 0.6) is 0 Å². The van der Waals surface area contributed by atoms with E-state index in [0.717, 1.165) is 45.5 Å². The highest BCUT2D eigenvalue weighted by Crippen LogP contribution is 2.28. The van der Waals surface area contributed by atoms with E-state index in [-0.39, 0.29) is 0 Å². The van der Waals surface area contributed by atoms with E-state index in [0.29, 0.717) is 23.9 Å². The maximum atomic E-state index is 5.96. The van der Waals surface area contributed by atoms with E-state index in [9.17, 15) is 0 Å². The number of hydrogen-bond donors (Lipinski definition) is 0. The Balaban J connectivity index is 1.68. The summed E-state index contributed by atoms with van der Waals surface area (Å²) >= 11 is 5.96. The summed E-state index contributed by atoms with van der Waals surface area (Å²) in [7, 11) is 0. The summed E-state index contributed by atoms with van der Waals surface area (Å²) in [5, 5.41) is 0.519. The van der Waals surface area contributed by atoms with E-state index in [1.165, 1.54) is 12.8 Å². The van der Waals surface area contributed by atoms with Crippen LogP contribution in [0.3, 0.4) is 0 Å². The molecule has 0 radical (unpaired) electrons. The summed E-state index contributed by atoms with van der Waals surface area (Å²) in [6.07, 6.45) is 2.43. The Hall–Kier alpha value is -0.690. The van der Waals surface area contributed by atoms with Crippen molar-refractivity contribution in [2.24, 2.45) is 9.98 Å². The standard InChI is InChI=1S/C14H23ClN4O2/c1-11(15)17-14(18-4-6-20-7-5-18)16-10-19-12-2-3-13(19)9-21-8-12/h12-13H,2-10H2,1H3. The van der Waals surface area contributed by atoms with Crippen LogP contribution < -0.4 is 0 Å². The summed E-state index contributed by atoms with van der Waals surface area (Å²) in [6.45, 7) is 7.21. The van der Waals surface area contributed by atoms with Crippen molar-refractivity contribution < 1.29 is 9.47 Å². The normalized spacial score (nSPS) is 31.8. The van der Waals surface area contributed by atoms with Gasteiger partial charge in [-0.1, -0.05) is 11.6 Å². The predicted octanol–water partition coefficient (Wildman–Crippen LogP) is 1.15. The fraction of sp³-hybridized carbons (Fsp3) is 0.857. The molecule has 21 heavy (non-hydrogen) atoms. The van der Waals surface area contributed by atoms with Gasteiger partial charge in [-0.25, -0.2) is 9.98 Å². The largest absolute Gasteiger partial charge is 0.378 e. The maximum absolute atomic E-state index is 5.96. The summed E-state index contributed by atoms with van der Waals surface area (Å²) < 4.78 is 11.0. The number of fused-ring (bicyclic) bond motifs is 2. The number of nitrogens with zero attached hydrogens (tertiary/aromatic N) is 4. The quantitative estimate of drug-likeness (QED) is 0.567. The minimum Gasteiger partial charge on any atom is -0.378 e. The van der Waals surface area contributed by atoms with E-state index >= 15 is 0 Å². The second kappa shape index (κ2) is 7.05. The van der Waals surface area contributed by atoms with Gasteiger partial charge in [-0.15, -0.1) is 0 Å². The minimum atomic E-state index is 0.513. The van der Waals surface area contributed by atoms with Gasteiger partial charge in [0.25, 0.3) is 0 Å². The van der Waals surface area contributed by atoms with Crippen LogP contribution in [-0.2, 0) is 9.47 Å². The third-order valence-electron chi connectivity index (χ3n) is 4.32. The number of rotatable bonds is 2. The molecule has 3 aliphatic rings. The molecule has 7 heteroatoms. The fourth-order valence-corrected chi connectivity index (χ4v) is 3.27. The number of morpholine rings is 2. The zero-order chi connectivity index (χ0) is 14.7. The van der Waals surface area contributed by atoms with Gasteiger partial charge in [-0.05, 0) is 19.8 Å². The SMILES string of the molecule is CC(Cl)=NC(=NCN1C2CCC1COC2)N1CCOCC1. The van der Waals surface area contributed by atoms with Crippen LogP contribution >= 0.6 is 11.6 Å². The van der Waals surface area contributed by atoms with E-state index < -0.39 is 0 Å². The highest BCUT2D eigenvalue weighted by Gasteiger charge is 2.37. The van der Waals surface area contributed by atoms with E-state index in [4.69, 9.17) is 26.1 Å². The van der Waals surface area contributed by atoms with Crippen molar-refractivity contribution >= 4 is 22.7 Å². The number of hydrogen-bond acceptors (Lipinski definition) is 4. The molecule has 0 aromatic heterocycles. The molecular weight excluding hydrogens is 292 g/mol. The molecular formula is C14H23ClN4O2. The van der Waals surface area contributed by atoms with Gasteiger partial charge in [0.2, 0.25) is 5.96 Å². The molecule has 2 unspecified atom stereocenters. The maximum Gasteiger partial charge on any atom is 0.223 e. The molecule has 118 valence electrons. The molecule has 3 fully saturated rings. The molecule has 2 bridgehead atoms. The van der Waals surface area contributed by atoms with Gasteiger partial charge in [0.15, 0.2) is 0 Å². The highest BCUT2D eigenvalue weighted by atomic mass is 35.5. The van der Waals surface area contributed by atoms with Crippen molar-refractivity contribution in [3.63, 3.8) is 0 Å². The summed E-state index contributed by atoms with van der Waals surface area (Å²) in [5.74, 6) is 0.733. The summed E-state index contributed by atoms with van der Waals surface area (Å²) in [4.78, 5) is 13.7. The molecule has 0 saturated carbocycles. The average Bonchev–Trinajstić information content (AvgIpc) is 2.71. The Bertz CT molecular complexity index is 403. The molecule has 0 aliphatic carbocycles. The van der Waals surface area contributed by atoms with E-state index in [1.807, 2.05) is 0 Å². The van der Waals surface area contributed by atoms with Gasteiger partial charge in [0, 0.05) is 25.2 Å². The zero-order valence-corrected chi connectivity index (χ0v) is 13.3. The van der Waals surface area contributed by atoms with Gasteiger partial charge in [0.1, 0.15) is 5.17 Å². The van der Waals surface area contributed by atoms with Crippen molar-refractivity contribution in [1.29, 1.82) is 0 Å². The number of aliphatic imine (C=N–C) groups is 2. The number of ether oxygens (including phenoxy) is 2. The molecule has 0 N–H and O–H groups in total. The van der Waals surface area contributed by atoms with Crippen molar-refractivity contribution in [3.05, 3.63) is 0 Å². The van der Waals surface area contributed by atoms with Crippen LogP contribution in [-0.4, -0.2) is 79.2 Å². The molecule has 2 atom stereocenters. The molecule has 3 rings (SSSR count). The van der Waals surface area contributed by atoms with Gasteiger partial charge in [-0.2, -0.15) is 0 Å². The lowest BCUT2D eigenvalue weighted by molar-refractivity contribution is -0.0130. The molecule has 0 aromatic carbocycles. The molecule has 3 aliphatic heterocycles. The van der Waals surface area contributed by atoms with Gasteiger partial charge >= 0.3 is 0 Å². The Morgan fingerprint density at radius 3 is 2.43 bits per heavy atom. The van der Waals surface area contributed by atoms with Crippen LogP contribution in [0, 0.1) is 0 Å². The lowest BCUT2D eigenvalue weighted by Gasteiger charge is -2.34. The molecule has 3 saturated heterocycles. The topological polar surface area (TPSA) is 49.7 Å². The first-order valence-corrected chi connectivity index (χ1v) is 8.03. The molecule has 0 amide bonds. The van der Waals surface area contributed by atoms with E-state index in [2.05, 4.69) is 14.8 Å². The predicted molar refractivity (Wildman–Crippen MR) is 83.1 cm³/mol. The second-order valence-electron chi connectivity index (χ2n) is 5.74. The first kappa shape index (κ1) is 15.2. The van der Waals surface area contributed by atoms with Crippen LogP contribution in [0.1, 0.15) is 19.8 Å². The number of guanidine groups is 1. The van der Waals surface area contributed by atoms with Crippen molar-refractivity contribution in [2.45, 2.75) is 31.8 Å². The first-order valence-electron chi connectivity index (χ1n) is 7.65. The Kier molecular flexibility index (Phi) is 5.11. The van der Waals surface area contributed by atoms with E-state index in [1.54, 1.807) is 6.92 Å². The molecule has 0 spiro atoms. The van der Waals surface area contributed by atoms with Gasteiger partial charge in [0.05, 0.1) is 33.1 Å². The Labute approximate surface area is 130 Å². The lowest BCUT2D eigenvalue weighted by atomic mass is 10.2. The summed E-state index contributed by atoms with van der Waals surface area (Å²) in [6, 6.07) is 1.03. The molecule has 0 aromatic rings. The fourth-order valence-electron chi connectivity index (χ4n) is 3.20. The zero-order valence-electron chi connectivity index (χ0n) is 12.5. The Morgan fingerprint density at radius 1 is 1.14 bits per heavy atom. The average molecular weight is 315 g/mol. The number of halogens is 1. The molecule has 3 heterocycles. The van der Waals surface area contributed by atoms with Gasteiger partial charge in [-0.3, -0.25) is 4.90 Å². The van der Waals surface area contributed by atoms with Crippen molar-refractivity contribution in [2.75, 3.05) is 46.2 Å². The monoisotopic (exact) mass is 314 g/mol. The smallest absolute Gasteiger partial charge is 0.223 e. The highest BCUT2D eigenvalue weighted by molar-refractivity contribution is 6.65. The third-order valence-corrected chi connectivity index (χ3v) is 4.40. The van der Waals surface area contributed by atoms with Crippen LogP contribution in [0.15, 0.2) is 9.98 Å². The minimum absolute atomic E-state index is 0.513. The second-order valence-corrected chi connectivity index (χ2v) is 6.29. The van der Waals surface area contributed by atoms with Crippen LogP contribution in [0.25, 0.3) is 0 Å². The molecule has 6 nitrogen and oxygen atoms in total. The lowest BCUT2D eigenvalue weighted by Crippen LogP contribution is -2.46. The van der Waals surface area contributed by atoms with Crippen molar-refractivity contribution in [3.8, 4) is 0 Å². The van der Waals surface area contributed by atoms with Crippen molar-refractivity contribution in [1.82, 2.24) is 9.80 Å². The van der Waals surface area contributed by atoms with Crippen LogP contribution in [0.4, 0.5) is 0 Å². The third kappa shape index (κ3) is 3.74.